The Morgan fingerprint density at radius 1 is 0.929 bits per heavy atom. The fourth-order valence-corrected chi connectivity index (χ4v) is 2.34. The summed E-state index contributed by atoms with van der Waals surface area (Å²) in [6, 6.07) is 14.6. The van der Waals surface area contributed by atoms with Crippen molar-refractivity contribution in [2.45, 2.75) is 27.7 Å². The molecule has 0 saturated carbocycles. The lowest BCUT2D eigenvalue weighted by Crippen LogP contribution is -2.22. The van der Waals surface area contributed by atoms with Crippen LogP contribution in [0.25, 0.3) is 0 Å². The third-order valence-electron chi connectivity index (χ3n) is 3.84. The van der Waals surface area contributed by atoms with Gasteiger partial charge in [-0.1, -0.05) is 45.9 Å². The number of carbonyl (C=O) groups is 2. The van der Waals surface area contributed by atoms with Crippen LogP contribution in [0.15, 0.2) is 48.5 Å². The molecule has 6 nitrogen and oxygen atoms in total. The molecule has 2 aromatic rings. The fraction of sp³-hybridized carbons (Fsp3) is 0.364. The lowest BCUT2D eigenvalue weighted by molar-refractivity contribution is -0.119. The van der Waals surface area contributed by atoms with Crippen LogP contribution in [-0.4, -0.2) is 25.0 Å². The number of hydrogen-bond donors (Lipinski definition) is 3. The summed E-state index contributed by atoms with van der Waals surface area (Å²) in [6.07, 6.45) is 0. The molecule has 150 valence electrons. The van der Waals surface area contributed by atoms with Crippen molar-refractivity contribution in [1.29, 1.82) is 0 Å². The number of rotatable bonds is 9. The number of anilines is 3. The molecule has 0 aliphatic heterocycles. The maximum Gasteiger partial charge on any atom is 0.243 e. The van der Waals surface area contributed by atoms with Gasteiger partial charge in [-0.05, 0) is 36.2 Å². The van der Waals surface area contributed by atoms with Gasteiger partial charge in [0, 0.05) is 17.3 Å². The highest BCUT2D eigenvalue weighted by molar-refractivity contribution is 5.96. The Kier molecular flexibility index (Phi) is 7.87. The lowest BCUT2D eigenvalue weighted by Gasteiger charge is -2.14. The monoisotopic (exact) mass is 383 g/mol. The van der Waals surface area contributed by atoms with Crippen LogP contribution >= 0.6 is 0 Å². The number of nitrogens with one attached hydrogen (secondary N) is 3. The summed E-state index contributed by atoms with van der Waals surface area (Å²) in [5.74, 6) is 0.775. The first kappa shape index (κ1) is 21.3. The molecule has 0 bridgehead atoms. The van der Waals surface area contributed by atoms with E-state index in [1.54, 1.807) is 24.3 Å². The van der Waals surface area contributed by atoms with Crippen molar-refractivity contribution in [2.75, 3.05) is 29.1 Å². The maximum absolute atomic E-state index is 12.3. The quantitative estimate of drug-likeness (QED) is 0.601. The highest BCUT2D eigenvalue weighted by Crippen LogP contribution is 2.24. The standard InChI is InChI=1S/C22H29N3O3/c1-15(2)14-28-20-11-6-5-10-19(20)23-13-21(26)24-17-8-7-9-18(12-17)25-22(27)16(3)4/h5-12,15-16,23H,13-14H2,1-4H3,(H,24,26)(H,25,27). The Bertz CT molecular complexity index is 803. The number of ether oxygens (including phenoxy) is 1. The molecule has 0 aliphatic rings. The van der Waals surface area contributed by atoms with Gasteiger partial charge in [0.1, 0.15) is 5.75 Å². The third-order valence-corrected chi connectivity index (χ3v) is 3.84. The molecular weight excluding hydrogens is 354 g/mol. The number of carbonyl (C=O) groups excluding carboxylic acids is 2. The van der Waals surface area contributed by atoms with E-state index in [4.69, 9.17) is 4.74 Å². The van der Waals surface area contributed by atoms with Crippen molar-refractivity contribution in [3.8, 4) is 5.75 Å². The van der Waals surface area contributed by atoms with Gasteiger partial charge in [0.15, 0.2) is 0 Å². The molecule has 0 spiro atoms. The zero-order valence-electron chi connectivity index (χ0n) is 16.9. The van der Waals surface area contributed by atoms with Crippen LogP contribution in [0.5, 0.6) is 5.75 Å². The summed E-state index contributed by atoms with van der Waals surface area (Å²) in [7, 11) is 0. The van der Waals surface area contributed by atoms with Crippen LogP contribution in [0.1, 0.15) is 27.7 Å². The van der Waals surface area contributed by atoms with Crippen molar-refractivity contribution < 1.29 is 14.3 Å². The Balaban J connectivity index is 1.92. The van der Waals surface area contributed by atoms with Gasteiger partial charge in [-0.2, -0.15) is 0 Å². The summed E-state index contributed by atoms with van der Waals surface area (Å²) in [5.41, 5.74) is 2.05. The molecule has 3 N–H and O–H groups in total. The van der Waals surface area contributed by atoms with Crippen molar-refractivity contribution >= 4 is 28.9 Å². The molecule has 2 aromatic carbocycles. The molecule has 0 heterocycles. The molecule has 0 saturated heterocycles. The Labute approximate surface area is 166 Å². The predicted molar refractivity (Wildman–Crippen MR) is 114 cm³/mol. The molecule has 6 heteroatoms. The van der Waals surface area contributed by atoms with Gasteiger partial charge >= 0.3 is 0 Å². The first-order chi connectivity index (χ1) is 13.3. The van der Waals surface area contributed by atoms with E-state index < -0.39 is 0 Å². The van der Waals surface area contributed by atoms with E-state index in [-0.39, 0.29) is 24.3 Å². The molecule has 0 aromatic heterocycles. The Morgan fingerprint density at radius 2 is 1.61 bits per heavy atom. The highest BCUT2D eigenvalue weighted by atomic mass is 16.5. The first-order valence-electron chi connectivity index (χ1n) is 9.51. The van der Waals surface area contributed by atoms with Crippen LogP contribution in [-0.2, 0) is 9.59 Å². The average Bonchev–Trinajstić information content (AvgIpc) is 2.65. The van der Waals surface area contributed by atoms with Crippen molar-refractivity contribution in [2.24, 2.45) is 11.8 Å². The van der Waals surface area contributed by atoms with E-state index in [1.165, 1.54) is 0 Å². The van der Waals surface area contributed by atoms with Crippen LogP contribution in [0, 0.1) is 11.8 Å². The van der Waals surface area contributed by atoms with E-state index in [0.29, 0.717) is 23.9 Å². The second-order valence-corrected chi connectivity index (χ2v) is 7.33. The lowest BCUT2D eigenvalue weighted by atomic mass is 10.2. The van der Waals surface area contributed by atoms with Crippen LogP contribution in [0.2, 0.25) is 0 Å². The first-order valence-corrected chi connectivity index (χ1v) is 9.51. The highest BCUT2D eigenvalue weighted by Gasteiger charge is 2.09. The summed E-state index contributed by atoms with van der Waals surface area (Å²) >= 11 is 0. The van der Waals surface area contributed by atoms with Gasteiger partial charge in [0.25, 0.3) is 0 Å². The second kappa shape index (κ2) is 10.3. The van der Waals surface area contributed by atoms with Crippen molar-refractivity contribution in [3.05, 3.63) is 48.5 Å². The number of benzene rings is 2. The molecule has 28 heavy (non-hydrogen) atoms. The largest absolute Gasteiger partial charge is 0.491 e. The topological polar surface area (TPSA) is 79.5 Å². The van der Waals surface area contributed by atoms with E-state index in [1.807, 2.05) is 38.1 Å². The van der Waals surface area contributed by atoms with E-state index >= 15 is 0 Å². The van der Waals surface area contributed by atoms with Crippen LogP contribution in [0.3, 0.4) is 0 Å². The van der Waals surface area contributed by atoms with E-state index in [9.17, 15) is 9.59 Å². The molecule has 0 atom stereocenters. The molecule has 0 radical (unpaired) electrons. The SMILES string of the molecule is CC(C)COc1ccccc1NCC(=O)Nc1cccc(NC(=O)C(C)C)c1. The number of hydrogen-bond acceptors (Lipinski definition) is 4. The zero-order chi connectivity index (χ0) is 20.5. The summed E-state index contributed by atoms with van der Waals surface area (Å²) < 4.78 is 5.79. The second-order valence-electron chi connectivity index (χ2n) is 7.33. The minimum Gasteiger partial charge on any atom is -0.491 e. The third kappa shape index (κ3) is 6.95. The van der Waals surface area contributed by atoms with Crippen LogP contribution < -0.4 is 20.7 Å². The van der Waals surface area contributed by atoms with Gasteiger partial charge in [-0.15, -0.1) is 0 Å². The minimum absolute atomic E-state index is 0.0665. The minimum atomic E-state index is -0.189. The number of para-hydroxylation sites is 2. The Morgan fingerprint density at radius 3 is 2.29 bits per heavy atom. The Hall–Kier alpha value is -3.02. The van der Waals surface area contributed by atoms with Crippen molar-refractivity contribution in [3.63, 3.8) is 0 Å². The molecule has 2 rings (SSSR count). The van der Waals surface area contributed by atoms with Gasteiger partial charge in [-0.3, -0.25) is 9.59 Å². The van der Waals surface area contributed by atoms with E-state index in [0.717, 1.165) is 11.4 Å². The fourth-order valence-electron chi connectivity index (χ4n) is 2.34. The summed E-state index contributed by atoms with van der Waals surface area (Å²) in [6.45, 7) is 8.54. The zero-order valence-corrected chi connectivity index (χ0v) is 16.9. The van der Waals surface area contributed by atoms with E-state index in [2.05, 4.69) is 29.8 Å². The van der Waals surface area contributed by atoms with Crippen LogP contribution in [0.4, 0.5) is 17.1 Å². The molecule has 0 fully saturated rings. The molecule has 0 unspecified atom stereocenters. The van der Waals surface area contributed by atoms with Crippen molar-refractivity contribution in [1.82, 2.24) is 0 Å². The average molecular weight is 383 g/mol. The maximum atomic E-state index is 12.3. The predicted octanol–water partition coefficient (Wildman–Crippen LogP) is 4.37. The normalized spacial score (nSPS) is 10.6. The molecule has 0 aliphatic carbocycles. The van der Waals surface area contributed by atoms with Gasteiger partial charge < -0.3 is 20.7 Å². The van der Waals surface area contributed by atoms with Gasteiger partial charge in [0.2, 0.25) is 11.8 Å². The smallest absolute Gasteiger partial charge is 0.243 e. The molecule has 2 amide bonds. The molecular formula is C22H29N3O3. The van der Waals surface area contributed by atoms with Gasteiger partial charge in [-0.25, -0.2) is 0 Å². The summed E-state index contributed by atoms with van der Waals surface area (Å²) in [5, 5.41) is 8.76. The summed E-state index contributed by atoms with van der Waals surface area (Å²) in [4.78, 5) is 24.1. The van der Waals surface area contributed by atoms with Gasteiger partial charge in [0.05, 0.1) is 18.8 Å². The number of amides is 2.